The van der Waals surface area contributed by atoms with E-state index in [1.54, 1.807) is 12.1 Å². The topological polar surface area (TPSA) is 142 Å². The van der Waals surface area contributed by atoms with Crippen LogP contribution in [-0.4, -0.2) is 71.3 Å². The summed E-state index contributed by atoms with van der Waals surface area (Å²) in [5.41, 5.74) is 0.994. The zero-order chi connectivity index (χ0) is 18.8. The predicted octanol–water partition coefficient (Wildman–Crippen LogP) is 0.343. The number of rotatable bonds is 5. The quantitative estimate of drug-likeness (QED) is 0.387. The van der Waals surface area contributed by atoms with Crippen molar-refractivity contribution in [2.75, 3.05) is 39.3 Å². The van der Waals surface area contributed by atoms with E-state index in [9.17, 15) is 10.1 Å². The summed E-state index contributed by atoms with van der Waals surface area (Å²) < 4.78 is 5.58. The number of nitrogens with one attached hydrogen (secondary N) is 1. The Bertz CT molecular complexity index is 603. The zero-order valence-electron chi connectivity index (χ0n) is 13.8. The number of aliphatic carboxylic acids is 2. The number of carboxylic acids is 2. The molecule has 0 amide bonds. The molecule has 1 aliphatic rings. The maximum atomic E-state index is 10.9. The third kappa shape index (κ3) is 7.59. The fraction of sp³-hybridized carbons (Fsp3) is 0.467. The van der Waals surface area contributed by atoms with Crippen LogP contribution >= 0.6 is 0 Å². The smallest absolute Gasteiger partial charge is 0.414 e. The number of nitrogens with zero attached hydrogens (tertiary/aromatic N) is 2. The molecule has 10 heteroatoms. The van der Waals surface area contributed by atoms with E-state index in [-0.39, 0.29) is 5.69 Å². The van der Waals surface area contributed by atoms with Gasteiger partial charge in [-0.25, -0.2) is 9.59 Å². The molecule has 10 nitrogen and oxygen atoms in total. The van der Waals surface area contributed by atoms with E-state index in [0.29, 0.717) is 12.4 Å². The van der Waals surface area contributed by atoms with Crippen LogP contribution < -0.4 is 10.1 Å². The number of carboxylic acid groups (broad SMARTS) is 2. The number of ether oxygens (including phenoxy) is 1. The van der Waals surface area contributed by atoms with Gasteiger partial charge >= 0.3 is 17.6 Å². The molecule has 1 heterocycles. The average Bonchev–Trinajstić information content (AvgIpc) is 2.56. The first kappa shape index (κ1) is 20.3. The largest absolute Gasteiger partial charge is 0.485 e. The first-order valence-corrected chi connectivity index (χ1v) is 7.58. The molecule has 0 unspecified atom stereocenters. The second-order valence-electron chi connectivity index (χ2n) is 5.28. The fourth-order valence-corrected chi connectivity index (χ4v) is 2.11. The summed E-state index contributed by atoms with van der Waals surface area (Å²) >= 11 is 0. The van der Waals surface area contributed by atoms with E-state index in [1.165, 1.54) is 6.07 Å². The monoisotopic (exact) mass is 355 g/mol. The predicted molar refractivity (Wildman–Crippen MR) is 87.9 cm³/mol. The molecule has 0 aliphatic carbocycles. The normalized spacial score (nSPS) is 14.1. The van der Waals surface area contributed by atoms with Gasteiger partial charge in [0, 0.05) is 38.8 Å². The molecule has 0 radical (unpaired) electrons. The minimum absolute atomic E-state index is 0.0333. The molecule has 0 atom stereocenters. The number of hydrogen-bond acceptors (Lipinski definition) is 7. The number of hydrogen-bond donors (Lipinski definition) is 3. The standard InChI is InChI=1S/C13H19N3O3.C2H2O4/c1-11-2-3-12(16(17)18)13(10-11)19-9-8-15-6-4-14-5-7-15;3-1(4)2(5)6/h2-3,10,14H,4-9H2,1H3;(H,3,4)(H,5,6). The molecule has 2 rings (SSSR count). The van der Waals surface area contributed by atoms with E-state index < -0.39 is 16.9 Å². The minimum Gasteiger partial charge on any atom is -0.485 e. The molecule has 0 aromatic heterocycles. The number of aryl methyl sites for hydroxylation is 1. The molecule has 0 spiro atoms. The van der Waals surface area contributed by atoms with Crippen LogP contribution in [0.25, 0.3) is 0 Å². The Morgan fingerprint density at radius 3 is 2.40 bits per heavy atom. The lowest BCUT2D eigenvalue weighted by atomic mass is 10.2. The molecule has 1 fully saturated rings. The SMILES string of the molecule is Cc1ccc([N+](=O)[O-])c(OCCN2CCNCC2)c1.O=C(O)C(=O)O. The number of benzene rings is 1. The molecule has 25 heavy (non-hydrogen) atoms. The maximum Gasteiger partial charge on any atom is 0.414 e. The van der Waals surface area contributed by atoms with Crippen LogP contribution in [0.4, 0.5) is 5.69 Å². The van der Waals surface area contributed by atoms with Gasteiger partial charge in [0.05, 0.1) is 4.92 Å². The highest BCUT2D eigenvalue weighted by Crippen LogP contribution is 2.27. The van der Waals surface area contributed by atoms with Gasteiger partial charge in [-0.3, -0.25) is 15.0 Å². The Morgan fingerprint density at radius 2 is 1.88 bits per heavy atom. The van der Waals surface area contributed by atoms with Gasteiger partial charge in [-0.05, 0) is 18.6 Å². The molecule has 1 aliphatic heterocycles. The van der Waals surface area contributed by atoms with Crippen molar-refractivity contribution in [2.45, 2.75) is 6.92 Å². The number of carbonyl (C=O) groups is 2. The summed E-state index contributed by atoms with van der Waals surface area (Å²) in [7, 11) is 0. The average molecular weight is 355 g/mol. The molecule has 0 saturated carbocycles. The maximum absolute atomic E-state index is 10.9. The number of nitro groups is 1. The first-order valence-electron chi connectivity index (χ1n) is 7.58. The van der Waals surface area contributed by atoms with Gasteiger partial charge in [0.2, 0.25) is 0 Å². The summed E-state index contributed by atoms with van der Waals surface area (Å²) in [5.74, 6) is -3.29. The van der Waals surface area contributed by atoms with Gasteiger partial charge in [-0.15, -0.1) is 0 Å². The lowest BCUT2D eigenvalue weighted by molar-refractivity contribution is -0.385. The summed E-state index contributed by atoms with van der Waals surface area (Å²) in [6.07, 6.45) is 0. The van der Waals surface area contributed by atoms with Gasteiger partial charge in [-0.1, -0.05) is 6.07 Å². The van der Waals surface area contributed by atoms with Crippen LogP contribution in [0, 0.1) is 17.0 Å². The van der Waals surface area contributed by atoms with Crippen molar-refractivity contribution >= 4 is 17.6 Å². The summed E-state index contributed by atoms with van der Waals surface area (Å²) in [4.78, 5) is 31.0. The second kappa shape index (κ2) is 10.2. The van der Waals surface area contributed by atoms with Crippen molar-refractivity contribution in [3.05, 3.63) is 33.9 Å². The molecular formula is C15H21N3O7. The van der Waals surface area contributed by atoms with E-state index in [1.807, 2.05) is 6.92 Å². The lowest BCUT2D eigenvalue weighted by Gasteiger charge is -2.26. The van der Waals surface area contributed by atoms with E-state index in [0.717, 1.165) is 38.3 Å². The Morgan fingerprint density at radius 1 is 1.28 bits per heavy atom. The van der Waals surface area contributed by atoms with E-state index in [2.05, 4.69) is 10.2 Å². The summed E-state index contributed by atoms with van der Waals surface area (Å²) in [5, 5.41) is 29.0. The third-order valence-corrected chi connectivity index (χ3v) is 3.37. The lowest BCUT2D eigenvalue weighted by Crippen LogP contribution is -2.44. The highest BCUT2D eigenvalue weighted by Gasteiger charge is 2.15. The third-order valence-electron chi connectivity index (χ3n) is 3.37. The van der Waals surface area contributed by atoms with E-state index >= 15 is 0 Å². The molecule has 1 aromatic carbocycles. The Labute approximate surface area is 144 Å². The highest BCUT2D eigenvalue weighted by molar-refractivity contribution is 6.27. The zero-order valence-corrected chi connectivity index (χ0v) is 13.8. The van der Waals surface area contributed by atoms with Crippen molar-refractivity contribution < 1.29 is 29.5 Å². The molecule has 138 valence electrons. The van der Waals surface area contributed by atoms with Crippen molar-refractivity contribution in [1.82, 2.24) is 10.2 Å². The van der Waals surface area contributed by atoms with Gasteiger partial charge in [-0.2, -0.15) is 0 Å². The fourth-order valence-electron chi connectivity index (χ4n) is 2.11. The Hall–Kier alpha value is -2.72. The van der Waals surface area contributed by atoms with Crippen LogP contribution in [-0.2, 0) is 9.59 Å². The second-order valence-corrected chi connectivity index (χ2v) is 5.28. The van der Waals surface area contributed by atoms with Gasteiger partial charge in [0.1, 0.15) is 6.61 Å². The van der Waals surface area contributed by atoms with Crippen molar-refractivity contribution in [1.29, 1.82) is 0 Å². The Kier molecular flexibility index (Phi) is 8.30. The summed E-state index contributed by atoms with van der Waals surface area (Å²) in [6, 6.07) is 4.94. The molecule has 0 bridgehead atoms. The van der Waals surface area contributed by atoms with Crippen molar-refractivity contribution in [2.24, 2.45) is 0 Å². The van der Waals surface area contributed by atoms with Gasteiger partial charge in [0.25, 0.3) is 0 Å². The van der Waals surface area contributed by atoms with Crippen LogP contribution in [0.3, 0.4) is 0 Å². The van der Waals surface area contributed by atoms with Gasteiger partial charge in [0.15, 0.2) is 5.75 Å². The summed E-state index contributed by atoms with van der Waals surface area (Å²) in [6.45, 7) is 7.15. The minimum atomic E-state index is -1.82. The van der Waals surface area contributed by atoms with Crippen molar-refractivity contribution in [3.8, 4) is 5.75 Å². The van der Waals surface area contributed by atoms with E-state index in [4.69, 9.17) is 24.5 Å². The molecule has 1 saturated heterocycles. The van der Waals surface area contributed by atoms with Crippen LogP contribution in [0.1, 0.15) is 5.56 Å². The molecular weight excluding hydrogens is 334 g/mol. The van der Waals surface area contributed by atoms with Gasteiger partial charge < -0.3 is 20.3 Å². The van der Waals surface area contributed by atoms with Crippen LogP contribution in [0.5, 0.6) is 5.75 Å². The highest BCUT2D eigenvalue weighted by atomic mass is 16.6. The van der Waals surface area contributed by atoms with Crippen LogP contribution in [0.15, 0.2) is 18.2 Å². The Balaban J connectivity index is 0.000000450. The number of piperazine rings is 1. The number of nitro benzene ring substituents is 1. The molecule has 3 N–H and O–H groups in total. The van der Waals surface area contributed by atoms with Crippen molar-refractivity contribution in [3.63, 3.8) is 0 Å². The van der Waals surface area contributed by atoms with Crippen LogP contribution in [0.2, 0.25) is 0 Å². The molecule has 1 aromatic rings. The first-order chi connectivity index (χ1) is 11.8.